The molecule has 2 heterocycles. The van der Waals surface area contributed by atoms with E-state index in [0.29, 0.717) is 23.8 Å². The normalized spacial score (nSPS) is 17.5. The maximum atomic E-state index is 12.2. The molecule has 0 radical (unpaired) electrons. The topological polar surface area (TPSA) is 53.4 Å². The van der Waals surface area contributed by atoms with E-state index in [9.17, 15) is 9.90 Å². The lowest BCUT2D eigenvalue weighted by Crippen LogP contribution is -2.39. The van der Waals surface area contributed by atoms with Crippen LogP contribution in [0.5, 0.6) is 0 Å². The Bertz CT molecular complexity index is 622. The molecule has 0 spiro atoms. The van der Waals surface area contributed by atoms with Crippen molar-refractivity contribution in [2.24, 2.45) is 5.92 Å². The van der Waals surface area contributed by atoms with Crippen molar-refractivity contribution in [1.29, 1.82) is 0 Å². The summed E-state index contributed by atoms with van der Waals surface area (Å²) in [6.07, 6.45) is 1.08. The van der Waals surface area contributed by atoms with Crippen LogP contribution >= 0.6 is 22.9 Å². The summed E-state index contributed by atoms with van der Waals surface area (Å²) in [4.78, 5) is 18.1. The quantitative estimate of drug-likeness (QED) is 0.934. The van der Waals surface area contributed by atoms with Crippen LogP contribution in [0.2, 0.25) is 5.02 Å². The molecule has 1 fully saturated rings. The Balaban J connectivity index is 1.59. The van der Waals surface area contributed by atoms with E-state index < -0.39 is 6.10 Å². The minimum atomic E-state index is -0.506. The molecule has 1 N–H and O–H groups in total. The van der Waals surface area contributed by atoms with Gasteiger partial charge in [-0.1, -0.05) is 23.7 Å². The van der Waals surface area contributed by atoms with Gasteiger partial charge < -0.3 is 10.0 Å². The van der Waals surface area contributed by atoms with Gasteiger partial charge in [0.2, 0.25) is 0 Å². The zero-order valence-corrected chi connectivity index (χ0v) is 13.6. The zero-order chi connectivity index (χ0) is 15.5. The van der Waals surface area contributed by atoms with Crippen molar-refractivity contribution in [2.45, 2.75) is 18.9 Å². The highest BCUT2D eigenvalue weighted by Crippen LogP contribution is 2.31. The number of likely N-dealkylation sites (tertiary alicyclic amines) is 1. The molecule has 4 nitrogen and oxygen atoms in total. The number of halogens is 1. The van der Waals surface area contributed by atoms with E-state index in [4.69, 9.17) is 11.6 Å². The summed E-state index contributed by atoms with van der Waals surface area (Å²) in [5.74, 6) is 0.154. The van der Waals surface area contributed by atoms with E-state index in [1.54, 1.807) is 23.0 Å². The highest BCUT2D eigenvalue weighted by Gasteiger charge is 2.29. The SMILES string of the molecule is O=C(c1cscn1)N1CCC(C(O)c2ccc(Cl)cc2)CC1. The summed E-state index contributed by atoms with van der Waals surface area (Å²) >= 11 is 7.30. The Labute approximate surface area is 138 Å². The molecule has 0 bridgehead atoms. The van der Waals surface area contributed by atoms with Gasteiger partial charge in [0.05, 0.1) is 11.6 Å². The third-order valence-corrected chi connectivity index (χ3v) is 4.97. The van der Waals surface area contributed by atoms with Gasteiger partial charge in [-0.3, -0.25) is 4.79 Å². The molecule has 1 amide bonds. The van der Waals surface area contributed by atoms with Crippen molar-refractivity contribution in [2.75, 3.05) is 13.1 Å². The van der Waals surface area contributed by atoms with Gasteiger partial charge in [-0.15, -0.1) is 11.3 Å². The van der Waals surface area contributed by atoms with Crippen LogP contribution in [0.3, 0.4) is 0 Å². The number of amides is 1. The summed E-state index contributed by atoms with van der Waals surface area (Å²) in [7, 11) is 0. The van der Waals surface area contributed by atoms with Gasteiger partial charge in [-0.05, 0) is 36.5 Å². The molecule has 1 aromatic heterocycles. The van der Waals surface area contributed by atoms with Crippen LogP contribution < -0.4 is 0 Å². The zero-order valence-electron chi connectivity index (χ0n) is 12.0. The van der Waals surface area contributed by atoms with Crippen LogP contribution in [-0.2, 0) is 0 Å². The second-order valence-electron chi connectivity index (χ2n) is 5.50. The van der Waals surface area contributed by atoms with E-state index in [2.05, 4.69) is 4.98 Å². The molecule has 22 heavy (non-hydrogen) atoms. The van der Waals surface area contributed by atoms with Crippen molar-refractivity contribution >= 4 is 28.8 Å². The molecule has 0 saturated carbocycles. The average molecular weight is 337 g/mol. The molecule has 116 valence electrons. The number of carbonyl (C=O) groups is 1. The van der Waals surface area contributed by atoms with Crippen LogP contribution in [0.25, 0.3) is 0 Å². The van der Waals surface area contributed by atoms with Gasteiger partial charge >= 0.3 is 0 Å². The summed E-state index contributed by atoms with van der Waals surface area (Å²) in [5, 5.41) is 12.9. The van der Waals surface area contributed by atoms with Crippen molar-refractivity contribution in [3.8, 4) is 0 Å². The Morgan fingerprint density at radius 1 is 1.32 bits per heavy atom. The first kappa shape index (κ1) is 15.5. The Morgan fingerprint density at radius 3 is 2.59 bits per heavy atom. The van der Waals surface area contributed by atoms with Gasteiger partial charge in [0.15, 0.2) is 0 Å². The monoisotopic (exact) mass is 336 g/mol. The van der Waals surface area contributed by atoms with E-state index in [-0.39, 0.29) is 11.8 Å². The second kappa shape index (κ2) is 6.77. The fourth-order valence-corrected chi connectivity index (χ4v) is 3.48. The number of thiazole rings is 1. The van der Waals surface area contributed by atoms with E-state index in [1.807, 2.05) is 17.0 Å². The minimum Gasteiger partial charge on any atom is -0.388 e. The molecule has 1 aliphatic rings. The van der Waals surface area contributed by atoms with Gasteiger partial charge in [0, 0.05) is 23.5 Å². The molecular weight excluding hydrogens is 320 g/mol. The lowest BCUT2D eigenvalue weighted by Gasteiger charge is -2.34. The molecule has 1 atom stereocenters. The molecule has 1 aliphatic heterocycles. The van der Waals surface area contributed by atoms with Crippen molar-refractivity contribution in [3.05, 3.63) is 51.4 Å². The molecule has 1 aromatic carbocycles. The highest BCUT2D eigenvalue weighted by atomic mass is 35.5. The molecule has 6 heteroatoms. The molecule has 0 aliphatic carbocycles. The third kappa shape index (κ3) is 3.32. The number of nitrogens with zero attached hydrogens (tertiary/aromatic N) is 2. The van der Waals surface area contributed by atoms with Crippen LogP contribution in [0, 0.1) is 5.92 Å². The first-order valence-corrected chi connectivity index (χ1v) is 8.58. The number of piperidine rings is 1. The van der Waals surface area contributed by atoms with Crippen molar-refractivity contribution < 1.29 is 9.90 Å². The fraction of sp³-hybridized carbons (Fsp3) is 0.375. The summed E-state index contributed by atoms with van der Waals surface area (Å²) in [6.45, 7) is 1.32. The maximum absolute atomic E-state index is 12.2. The second-order valence-corrected chi connectivity index (χ2v) is 6.65. The van der Waals surface area contributed by atoms with Crippen LogP contribution in [0.1, 0.15) is 35.0 Å². The van der Waals surface area contributed by atoms with E-state index in [1.165, 1.54) is 11.3 Å². The lowest BCUT2D eigenvalue weighted by atomic mass is 9.87. The largest absolute Gasteiger partial charge is 0.388 e. The smallest absolute Gasteiger partial charge is 0.273 e. The summed E-state index contributed by atoms with van der Waals surface area (Å²) in [6, 6.07) is 7.31. The number of aromatic nitrogens is 1. The van der Waals surface area contributed by atoms with Crippen LogP contribution in [0.4, 0.5) is 0 Å². The molecule has 1 saturated heterocycles. The predicted octanol–water partition coefficient (Wildman–Crippen LogP) is 3.38. The van der Waals surface area contributed by atoms with Crippen molar-refractivity contribution in [3.63, 3.8) is 0 Å². The predicted molar refractivity (Wildman–Crippen MR) is 87.2 cm³/mol. The van der Waals surface area contributed by atoms with Crippen molar-refractivity contribution in [1.82, 2.24) is 9.88 Å². The Hall–Kier alpha value is -1.43. The maximum Gasteiger partial charge on any atom is 0.273 e. The minimum absolute atomic E-state index is 0.0133. The average Bonchev–Trinajstić information content (AvgIpc) is 3.09. The number of rotatable bonds is 3. The Morgan fingerprint density at radius 2 is 2.00 bits per heavy atom. The fourth-order valence-electron chi connectivity index (χ4n) is 2.83. The summed E-state index contributed by atoms with van der Waals surface area (Å²) < 4.78 is 0. The van der Waals surface area contributed by atoms with Gasteiger partial charge in [0.1, 0.15) is 5.69 Å². The summed E-state index contributed by atoms with van der Waals surface area (Å²) in [5.41, 5.74) is 3.07. The van der Waals surface area contributed by atoms with Crippen LogP contribution in [-0.4, -0.2) is 34.0 Å². The van der Waals surface area contributed by atoms with Gasteiger partial charge in [0.25, 0.3) is 5.91 Å². The standard InChI is InChI=1S/C16H17ClN2O2S/c17-13-3-1-11(2-4-13)15(20)12-5-7-19(8-6-12)16(21)14-9-22-10-18-14/h1-4,9-10,12,15,20H,5-8H2. The van der Waals surface area contributed by atoms with Crippen LogP contribution in [0.15, 0.2) is 35.2 Å². The number of hydrogen-bond donors (Lipinski definition) is 1. The number of aliphatic hydroxyl groups is 1. The third-order valence-electron chi connectivity index (χ3n) is 4.14. The first-order chi connectivity index (χ1) is 10.6. The number of benzene rings is 1. The van der Waals surface area contributed by atoms with Gasteiger partial charge in [-0.25, -0.2) is 4.98 Å². The van der Waals surface area contributed by atoms with E-state index >= 15 is 0 Å². The van der Waals surface area contributed by atoms with E-state index in [0.717, 1.165) is 18.4 Å². The first-order valence-electron chi connectivity index (χ1n) is 7.26. The molecular formula is C16H17ClN2O2S. The molecule has 2 aromatic rings. The molecule has 1 unspecified atom stereocenters. The number of aliphatic hydroxyl groups excluding tert-OH is 1. The Kier molecular flexibility index (Phi) is 4.76. The highest BCUT2D eigenvalue weighted by molar-refractivity contribution is 7.07. The number of hydrogen-bond acceptors (Lipinski definition) is 4. The molecule has 3 rings (SSSR count). The van der Waals surface area contributed by atoms with Gasteiger partial charge in [-0.2, -0.15) is 0 Å². The lowest BCUT2D eigenvalue weighted by molar-refractivity contribution is 0.0459. The number of carbonyl (C=O) groups excluding carboxylic acids is 1.